The zero-order valence-corrected chi connectivity index (χ0v) is 22.2. The zero-order chi connectivity index (χ0) is 28.3. The Hall–Kier alpha value is -5.37. The maximum Gasteiger partial charge on any atom is 0.321 e. The van der Waals surface area contributed by atoms with E-state index >= 15 is 4.39 Å². The maximum atomic E-state index is 15.1. The molecule has 1 aliphatic rings. The van der Waals surface area contributed by atoms with Crippen LogP contribution in [0.2, 0.25) is 0 Å². The van der Waals surface area contributed by atoms with E-state index in [-0.39, 0.29) is 17.8 Å². The molecule has 0 bridgehead atoms. The summed E-state index contributed by atoms with van der Waals surface area (Å²) in [5.41, 5.74) is 3.82. The Kier molecular flexibility index (Phi) is 6.95. The van der Waals surface area contributed by atoms with Crippen molar-refractivity contribution in [2.45, 2.75) is 19.6 Å². The number of hydrogen-bond donors (Lipinski definition) is 2. The number of para-hydroxylation sites is 1. The third-order valence-electron chi connectivity index (χ3n) is 6.94. The summed E-state index contributed by atoms with van der Waals surface area (Å²) in [5.74, 6) is -0.960. The summed E-state index contributed by atoms with van der Waals surface area (Å²) in [5, 5.41) is 7.38. The van der Waals surface area contributed by atoms with Crippen molar-refractivity contribution in [3.05, 3.63) is 138 Å². The number of hydrogen-bond acceptors (Lipinski definition) is 4. The summed E-state index contributed by atoms with van der Waals surface area (Å²) in [6, 6.07) is 29.9. The van der Waals surface area contributed by atoms with E-state index < -0.39 is 23.9 Å². The third kappa shape index (κ3) is 5.27. The molecular formula is C33H26FN5O2. The molecule has 7 nitrogen and oxygen atoms in total. The molecular weight excluding hydrogens is 517 g/mol. The quantitative estimate of drug-likeness (QED) is 0.276. The third-order valence-corrected chi connectivity index (χ3v) is 6.94. The molecule has 1 unspecified atom stereocenters. The molecule has 4 aromatic carbocycles. The monoisotopic (exact) mass is 543 g/mol. The maximum absolute atomic E-state index is 15.1. The molecule has 2 N–H and O–H groups in total. The van der Waals surface area contributed by atoms with Crippen LogP contribution in [0, 0.1) is 12.7 Å². The minimum atomic E-state index is -1.34. The highest BCUT2D eigenvalue weighted by Crippen LogP contribution is 2.31. The molecule has 3 amide bonds. The van der Waals surface area contributed by atoms with Gasteiger partial charge in [-0.15, -0.1) is 0 Å². The molecule has 0 fully saturated rings. The van der Waals surface area contributed by atoms with Crippen LogP contribution >= 0.6 is 0 Å². The van der Waals surface area contributed by atoms with Gasteiger partial charge in [0.25, 0.3) is 5.91 Å². The predicted octanol–water partition coefficient (Wildman–Crippen LogP) is 6.21. The molecule has 8 heteroatoms. The average Bonchev–Trinajstić information content (AvgIpc) is 3.08. The van der Waals surface area contributed by atoms with Crippen LogP contribution in [0.4, 0.5) is 20.6 Å². The van der Waals surface area contributed by atoms with Gasteiger partial charge in [0, 0.05) is 28.4 Å². The summed E-state index contributed by atoms with van der Waals surface area (Å²) in [6.07, 6.45) is 0.370. The number of amides is 3. The largest absolute Gasteiger partial charge is 0.321 e. The number of pyridine rings is 1. The van der Waals surface area contributed by atoms with E-state index in [2.05, 4.69) is 20.6 Å². The molecule has 5 aromatic rings. The van der Waals surface area contributed by atoms with Crippen LogP contribution in [0.15, 0.2) is 114 Å². The van der Waals surface area contributed by atoms with E-state index in [1.165, 1.54) is 6.07 Å². The number of anilines is 2. The van der Waals surface area contributed by atoms with Gasteiger partial charge in [-0.1, -0.05) is 66.7 Å². The number of halogens is 1. The van der Waals surface area contributed by atoms with Gasteiger partial charge >= 0.3 is 6.03 Å². The van der Waals surface area contributed by atoms with Crippen molar-refractivity contribution in [2.24, 2.45) is 4.99 Å². The molecule has 1 aliphatic heterocycles. The number of benzodiazepines with no additional fused rings is 1. The van der Waals surface area contributed by atoms with Gasteiger partial charge in [0.2, 0.25) is 6.17 Å². The highest BCUT2D eigenvalue weighted by atomic mass is 19.1. The molecule has 41 heavy (non-hydrogen) atoms. The Bertz CT molecular complexity index is 1810. The number of aryl methyl sites for hydroxylation is 1. The van der Waals surface area contributed by atoms with Crippen LogP contribution in [-0.2, 0) is 11.3 Å². The summed E-state index contributed by atoms with van der Waals surface area (Å²) >= 11 is 0. The number of nitrogens with one attached hydrogen (secondary N) is 2. The van der Waals surface area contributed by atoms with Crippen molar-refractivity contribution < 1.29 is 14.0 Å². The molecule has 0 aliphatic carbocycles. The lowest BCUT2D eigenvalue weighted by molar-refractivity contribution is -0.120. The van der Waals surface area contributed by atoms with Crippen molar-refractivity contribution in [3.8, 4) is 0 Å². The Balaban J connectivity index is 1.45. The topological polar surface area (TPSA) is 86.7 Å². The second-order valence-electron chi connectivity index (χ2n) is 9.75. The van der Waals surface area contributed by atoms with E-state index in [0.717, 1.165) is 16.3 Å². The summed E-state index contributed by atoms with van der Waals surface area (Å²) in [6.45, 7) is 2.04. The lowest BCUT2D eigenvalue weighted by atomic mass is 9.99. The van der Waals surface area contributed by atoms with Crippen molar-refractivity contribution >= 4 is 39.8 Å². The van der Waals surface area contributed by atoms with Gasteiger partial charge in [0.15, 0.2) is 0 Å². The van der Waals surface area contributed by atoms with Gasteiger partial charge < -0.3 is 15.5 Å². The first-order valence-electron chi connectivity index (χ1n) is 13.2. The Morgan fingerprint density at radius 1 is 0.902 bits per heavy atom. The van der Waals surface area contributed by atoms with Crippen LogP contribution in [-0.4, -0.2) is 28.8 Å². The average molecular weight is 544 g/mol. The van der Waals surface area contributed by atoms with Crippen LogP contribution in [0.3, 0.4) is 0 Å². The highest BCUT2D eigenvalue weighted by Gasteiger charge is 2.34. The number of urea groups is 1. The van der Waals surface area contributed by atoms with Crippen molar-refractivity contribution in [1.29, 1.82) is 0 Å². The standard InChI is InChI=1S/C33H26FN5O2/c1-21-9-8-11-23(19-21)36-33(41)38-31-32(40)39(20-28-24-12-3-2-10-22(24)17-18-35-28)29-16-7-5-14-26(29)30(37-31)25-13-4-6-15-27(25)34/h2-19,31H,20H2,1H3,(H2,36,38,41). The summed E-state index contributed by atoms with van der Waals surface area (Å²) in [4.78, 5) is 38.2. The van der Waals surface area contributed by atoms with Crippen LogP contribution in [0.1, 0.15) is 22.4 Å². The van der Waals surface area contributed by atoms with Gasteiger partial charge in [-0.3, -0.25) is 9.78 Å². The molecule has 1 atom stereocenters. The molecule has 2 heterocycles. The highest BCUT2D eigenvalue weighted by molar-refractivity contribution is 6.20. The lowest BCUT2D eigenvalue weighted by Crippen LogP contribution is -2.48. The van der Waals surface area contributed by atoms with Gasteiger partial charge in [-0.25, -0.2) is 14.2 Å². The molecule has 202 valence electrons. The molecule has 1 aromatic heterocycles. The summed E-state index contributed by atoms with van der Waals surface area (Å²) < 4.78 is 15.1. The van der Waals surface area contributed by atoms with Gasteiger partial charge in [-0.05, 0) is 54.3 Å². The number of carbonyl (C=O) groups is 2. The number of fused-ring (bicyclic) bond motifs is 2. The Labute approximate surface area is 236 Å². The van der Waals surface area contributed by atoms with Crippen molar-refractivity contribution in [2.75, 3.05) is 10.2 Å². The van der Waals surface area contributed by atoms with E-state index in [1.807, 2.05) is 67.6 Å². The molecule has 0 spiro atoms. The van der Waals surface area contributed by atoms with Crippen LogP contribution < -0.4 is 15.5 Å². The minimum Gasteiger partial charge on any atom is -0.308 e. The lowest BCUT2D eigenvalue weighted by Gasteiger charge is -2.25. The van der Waals surface area contributed by atoms with E-state index in [0.29, 0.717) is 22.6 Å². The fourth-order valence-corrected chi connectivity index (χ4v) is 5.03. The summed E-state index contributed by atoms with van der Waals surface area (Å²) in [7, 11) is 0. The second-order valence-corrected chi connectivity index (χ2v) is 9.75. The zero-order valence-electron chi connectivity index (χ0n) is 22.2. The number of rotatable bonds is 5. The SMILES string of the molecule is Cc1cccc(NC(=O)NC2N=C(c3ccccc3F)c3ccccc3N(Cc3nccc4ccccc34)C2=O)c1. The molecule has 0 radical (unpaired) electrons. The smallest absolute Gasteiger partial charge is 0.308 e. The predicted molar refractivity (Wildman–Crippen MR) is 159 cm³/mol. The number of nitrogens with zero attached hydrogens (tertiary/aromatic N) is 3. The van der Waals surface area contributed by atoms with Gasteiger partial charge in [0.1, 0.15) is 5.82 Å². The number of carbonyl (C=O) groups excluding carboxylic acids is 2. The second kappa shape index (κ2) is 11.0. The van der Waals surface area contributed by atoms with Crippen LogP contribution in [0.5, 0.6) is 0 Å². The number of aliphatic imine (C=N–C) groups is 1. The fourth-order valence-electron chi connectivity index (χ4n) is 5.03. The first kappa shape index (κ1) is 25.9. The molecule has 6 rings (SSSR count). The molecule has 0 saturated carbocycles. The molecule has 0 saturated heterocycles. The first-order chi connectivity index (χ1) is 20.0. The number of aromatic nitrogens is 1. The van der Waals surface area contributed by atoms with Gasteiger partial charge in [-0.2, -0.15) is 0 Å². The number of benzene rings is 4. The first-order valence-corrected chi connectivity index (χ1v) is 13.2. The Morgan fingerprint density at radius 3 is 2.49 bits per heavy atom. The van der Waals surface area contributed by atoms with Crippen molar-refractivity contribution in [3.63, 3.8) is 0 Å². The van der Waals surface area contributed by atoms with Crippen molar-refractivity contribution in [1.82, 2.24) is 10.3 Å². The fraction of sp³-hybridized carbons (Fsp3) is 0.0909. The van der Waals surface area contributed by atoms with Gasteiger partial charge in [0.05, 0.1) is 23.6 Å². The normalized spacial score (nSPS) is 14.7. The van der Waals surface area contributed by atoms with E-state index in [1.54, 1.807) is 47.5 Å². The van der Waals surface area contributed by atoms with E-state index in [4.69, 9.17) is 0 Å². The Morgan fingerprint density at radius 2 is 1.66 bits per heavy atom. The minimum absolute atomic E-state index is 0.120. The van der Waals surface area contributed by atoms with Crippen LogP contribution in [0.25, 0.3) is 10.8 Å². The van der Waals surface area contributed by atoms with E-state index in [9.17, 15) is 9.59 Å².